The van der Waals surface area contributed by atoms with E-state index in [1.165, 1.54) is 0 Å². The molecule has 0 aromatic heterocycles. The van der Waals surface area contributed by atoms with Crippen LogP contribution in [0, 0.1) is 0 Å². The molecule has 0 bridgehead atoms. The van der Waals surface area contributed by atoms with Gasteiger partial charge in [-0.15, -0.1) is 0 Å². The zero-order chi connectivity index (χ0) is 22.8. The van der Waals surface area contributed by atoms with Gasteiger partial charge in [0.25, 0.3) is 0 Å². The van der Waals surface area contributed by atoms with Crippen LogP contribution in [0.5, 0.6) is 0 Å². The van der Waals surface area contributed by atoms with Crippen LogP contribution in [0.1, 0.15) is 51.5 Å². The number of hydrogen-bond donors (Lipinski definition) is 0. The molecule has 0 saturated carbocycles. The lowest BCUT2D eigenvalue weighted by Crippen LogP contribution is -2.60. The van der Waals surface area contributed by atoms with Crippen molar-refractivity contribution in [2.75, 3.05) is 19.8 Å². The van der Waals surface area contributed by atoms with Crippen LogP contribution in [0.2, 0.25) is 0 Å². The maximum Gasteiger partial charge on any atom is 0.372 e. The Kier molecular flexibility index (Phi) is 9.83. The van der Waals surface area contributed by atoms with E-state index in [-0.39, 0.29) is 13.2 Å². The first kappa shape index (κ1) is 25.0. The Labute approximate surface area is 188 Å². The van der Waals surface area contributed by atoms with E-state index in [2.05, 4.69) is 12.0 Å². The molecule has 180 valence electrons. The van der Waals surface area contributed by atoms with Gasteiger partial charge in [0.2, 0.25) is 0 Å². The Bertz CT molecular complexity index is 690. The maximum atomic E-state index is 15.8. The fraction of sp³-hybridized carbons (Fsp3) is 0.696. The van der Waals surface area contributed by atoms with Crippen molar-refractivity contribution in [1.82, 2.24) is 0 Å². The van der Waals surface area contributed by atoms with Crippen LogP contribution in [-0.4, -0.2) is 56.1 Å². The van der Waals surface area contributed by atoms with E-state index >= 15 is 4.39 Å². The Balaban J connectivity index is 1.69. The summed E-state index contributed by atoms with van der Waals surface area (Å²) in [7, 11) is 0. The average molecular weight is 457 g/mol. The van der Waals surface area contributed by atoms with Gasteiger partial charge in [-0.25, -0.2) is 4.79 Å². The molecule has 0 radical (unpaired) electrons. The third-order valence-electron chi connectivity index (χ3n) is 5.43. The van der Waals surface area contributed by atoms with Crippen molar-refractivity contribution in [3.8, 4) is 0 Å². The van der Waals surface area contributed by atoms with E-state index in [0.717, 1.165) is 31.2 Å². The van der Waals surface area contributed by atoms with Crippen LogP contribution < -0.4 is 0 Å². The van der Waals surface area contributed by atoms with E-state index in [9.17, 15) is 4.79 Å². The number of alkyl halides is 1. The highest BCUT2D eigenvalue weighted by Gasteiger charge is 2.59. The molecule has 8 nitrogen and oxygen atoms in total. The number of fused-ring (bicyclic) bond motifs is 1. The molecule has 0 amide bonds. The van der Waals surface area contributed by atoms with Crippen molar-refractivity contribution in [3.05, 3.63) is 35.9 Å². The number of hydrogen-bond acceptors (Lipinski definition) is 8. The molecule has 2 unspecified atom stereocenters. The van der Waals surface area contributed by atoms with Gasteiger partial charge in [0.1, 0.15) is 24.9 Å². The van der Waals surface area contributed by atoms with Gasteiger partial charge in [0.05, 0.1) is 13.0 Å². The lowest BCUT2D eigenvalue weighted by molar-refractivity contribution is -0.467. The molecule has 3 rings (SSSR count). The Hall–Kier alpha value is -1.62. The second-order valence-electron chi connectivity index (χ2n) is 8.03. The minimum Gasteiger partial charge on any atom is -0.457 e. The highest BCUT2D eigenvalue weighted by Crippen LogP contribution is 2.39. The molecule has 0 aliphatic carbocycles. The number of rotatable bonds is 13. The third kappa shape index (κ3) is 6.69. The predicted molar refractivity (Wildman–Crippen MR) is 111 cm³/mol. The largest absolute Gasteiger partial charge is 0.457 e. The summed E-state index contributed by atoms with van der Waals surface area (Å²) in [5.41, 5.74) is 0.739. The molecule has 2 heterocycles. The van der Waals surface area contributed by atoms with Crippen molar-refractivity contribution in [3.63, 3.8) is 0 Å². The number of esters is 1. The van der Waals surface area contributed by atoms with Gasteiger partial charge in [-0.05, 0) is 18.4 Å². The fourth-order valence-electron chi connectivity index (χ4n) is 3.55. The van der Waals surface area contributed by atoms with Gasteiger partial charge >= 0.3 is 11.8 Å². The maximum absolute atomic E-state index is 15.8. The zero-order valence-electron chi connectivity index (χ0n) is 18.7. The molecule has 32 heavy (non-hydrogen) atoms. The summed E-state index contributed by atoms with van der Waals surface area (Å²) in [5, 5.41) is 4.65. The van der Waals surface area contributed by atoms with Crippen LogP contribution in [0.4, 0.5) is 4.39 Å². The van der Waals surface area contributed by atoms with Gasteiger partial charge in [-0.1, -0.05) is 62.1 Å². The predicted octanol–water partition coefficient (Wildman–Crippen LogP) is 3.82. The summed E-state index contributed by atoms with van der Waals surface area (Å²) >= 11 is 0. The third-order valence-corrected chi connectivity index (χ3v) is 5.43. The number of carbonyl (C=O) groups is 1. The number of ether oxygens (including phenoxy) is 4. The highest BCUT2D eigenvalue weighted by molar-refractivity contribution is 5.78. The Morgan fingerprint density at radius 3 is 2.66 bits per heavy atom. The van der Waals surface area contributed by atoms with E-state index in [0.29, 0.717) is 13.2 Å². The minimum atomic E-state index is -2.73. The molecule has 0 N–H and O–H groups in total. The van der Waals surface area contributed by atoms with Gasteiger partial charge in [-0.2, -0.15) is 14.2 Å². The quantitative estimate of drug-likeness (QED) is 0.252. The highest BCUT2D eigenvalue weighted by atomic mass is 19.2. The molecular formula is C23H33FO8. The Morgan fingerprint density at radius 1 is 1.16 bits per heavy atom. The number of benzene rings is 1. The van der Waals surface area contributed by atoms with E-state index in [1.54, 1.807) is 12.1 Å². The SMILES string of the molecule is CCCCOC[C@@H](OCCCC)C1OC(F)(C(=O)OCc2ccccc2)C[C@H]2OOO[C@@H]12. The van der Waals surface area contributed by atoms with Gasteiger partial charge in [0, 0.05) is 13.2 Å². The smallest absolute Gasteiger partial charge is 0.372 e. The molecule has 1 aromatic rings. The first-order valence-electron chi connectivity index (χ1n) is 11.3. The zero-order valence-corrected chi connectivity index (χ0v) is 18.7. The summed E-state index contributed by atoms with van der Waals surface area (Å²) in [4.78, 5) is 22.9. The van der Waals surface area contributed by atoms with E-state index in [4.69, 9.17) is 28.7 Å². The fourth-order valence-corrected chi connectivity index (χ4v) is 3.55. The van der Waals surface area contributed by atoms with Crippen molar-refractivity contribution in [2.45, 2.75) is 82.8 Å². The summed E-state index contributed by atoms with van der Waals surface area (Å²) in [5.74, 6) is -3.85. The molecule has 9 heteroatoms. The minimum absolute atomic E-state index is 0.0715. The molecular weight excluding hydrogens is 423 g/mol. The summed E-state index contributed by atoms with van der Waals surface area (Å²) in [6.07, 6.45) is -0.0583. The van der Waals surface area contributed by atoms with Crippen molar-refractivity contribution in [1.29, 1.82) is 0 Å². The average Bonchev–Trinajstić information content (AvgIpc) is 3.27. The second-order valence-corrected chi connectivity index (χ2v) is 8.03. The Morgan fingerprint density at radius 2 is 1.91 bits per heavy atom. The van der Waals surface area contributed by atoms with Crippen LogP contribution >= 0.6 is 0 Å². The molecule has 2 fully saturated rings. The van der Waals surface area contributed by atoms with Crippen molar-refractivity contribution >= 4 is 5.97 Å². The molecule has 0 spiro atoms. The van der Waals surface area contributed by atoms with Crippen molar-refractivity contribution < 1.29 is 42.9 Å². The molecule has 2 aliphatic heterocycles. The normalized spacial score (nSPS) is 28.3. The van der Waals surface area contributed by atoms with E-state index in [1.807, 2.05) is 25.1 Å². The second kappa shape index (κ2) is 12.6. The number of unbranched alkanes of at least 4 members (excludes halogenated alkanes) is 2. The lowest BCUT2D eigenvalue weighted by Gasteiger charge is -2.40. The molecule has 2 aliphatic rings. The van der Waals surface area contributed by atoms with E-state index < -0.39 is 42.7 Å². The van der Waals surface area contributed by atoms with Gasteiger partial charge in [0.15, 0.2) is 6.10 Å². The standard InChI is InChI=1S/C23H33FO8/c1-3-5-12-26-16-19(27-13-6-4-2)20-21-18(30-32-31-21)14-23(24,29-20)22(25)28-15-17-10-8-7-9-11-17/h7-11,18-21H,3-6,12-16H2,1-2H3/t18-,19-,20?,21-,23?/m1/s1. The number of carbonyl (C=O) groups excluding carboxylic acids is 1. The number of halogens is 1. The van der Waals surface area contributed by atoms with Crippen LogP contribution in [-0.2, 0) is 45.2 Å². The van der Waals surface area contributed by atoms with Gasteiger partial charge < -0.3 is 18.9 Å². The molecule has 1 aromatic carbocycles. The summed E-state index contributed by atoms with van der Waals surface area (Å²) < 4.78 is 38.3. The van der Waals surface area contributed by atoms with Crippen LogP contribution in [0.3, 0.4) is 0 Å². The molecule has 5 atom stereocenters. The molecule has 2 saturated heterocycles. The van der Waals surface area contributed by atoms with Crippen LogP contribution in [0.25, 0.3) is 0 Å². The monoisotopic (exact) mass is 456 g/mol. The summed E-state index contributed by atoms with van der Waals surface area (Å²) in [6.45, 7) is 5.18. The van der Waals surface area contributed by atoms with Crippen molar-refractivity contribution in [2.24, 2.45) is 0 Å². The first-order chi connectivity index (χ1) is 15.6. The summed E-state index contributed by atoms with van der Waals surface area (Å²) in [6, 6.07) is 9.03. The topological polar surface area (TPSA) is 81.7 Å². The van der Waals surface area contributed by atoms with Crippen LogP contribution in [0.15, 0.2) is 30.3 Å². The first-order valence-corrected chi connectivity index (χ1v) is 11.3. The van der Waals surface area contributed by atoms with Gasteiger partial charge in [-0.3, -0.25) is 0 Å². The lowest BCUT2D eigenvalue weighted by atomic mass is 9.93.